The molecule has 96 valence electrons. The van der Waals surface area contributed by atoms with Gasteiger partial charge in [-0.25, -0.2) is 4.39 Å². The second-order valence-electron chi connectivity index (χ2n) is 3.75. The molecule has 18 heavy (non-hydrogen) atoms. The Kier molecular flexibility index (Phi) is 4.00. The number of amides is 1. The zero-order valence-electron chi connectivity index (χ0n) is 9.59. The Balaban J connectivity index is 2.50. The number of imidazole rings is 1. The fourth-order valence-corrected chi connectivity index (χ4v) is 2.45. The fraction of sp³-hybridized carbons (Fsp3) is 0.273. The van der Waals surface area contributed by atoms with Crippen molar-refractivity contribution in [3.63, 3.8) is 0 Å². The summed E-state index contributed by atoms with van der Waals surface area (Å²) in [7, 11) is 0. The number of nitrogens with one attached hydrogen (secondary N) is 2. The molecule has 0 saturated heterocycles. The summed E-state index contributed by atoms with van der Waals surface area (Å²) in [6.07, 6.45) is 0. The highest BCUT2D eigenvalue weighted by Gasteiger charge is 2.11. The predicted octanol–water partition coefficient (Wildman–Crippen LogP) is 2.58. The molecule has 0 saturated carbocycles. The predicted molar refractivity (Wildman–Crippen MR) is 78.5 cm³/mol. The van der Waals surface area contributed by atoms with Crippen LogP contribution in [0.1, 0.15) is 6.92 Å². The third kappa shape index (κ3) is 2.56. The van der Waals surface area contributed by atoms with Gasteiger partial charge in [-0.15, -0.1) is 0 Å². The van der Waals surface area contributed by atoms with Crippen molar-refractivity contribution in [1.29, 1.82) is 0 Å². The van der Waals surface area contributed by atoms with Crippen LogP contribution in [0.2, 0.25) is 0 Å². The van der Waals surface area contributed by atoms with Gasteiger partial charge in [0.25, 0.3) is 0 Å². The van der Waals surface area contributed by atoms with Crippen LogP contribution in [0.3, 0.4) is 0 Å². The number of hydrogen-bond acceptors (Lipinski definition) is 2. The van der Waals surface area contributed by atoms with Gasteiger partial charge in [-0.3, -0.25) is 4.79 Å². The quantitative estimate of drug-likeness (QED) is 0.636. The molecule has 0 unspecified atom stereocenters. The van der Waals surface area contributed by atoms with E-state index in [2.05, 4.69) is 10.3 Å². The third-order valence-corrected chi connectivity index (χ3v) is 3.64. The van der Waals surface area contributed by atoms with Crippen LogP contribution in [-0.2, 0) is 11.3 Å². The van der Waals surface area contributed by atoms with E-state index in [9.17, 15) is 9.18 Å². The number of fused-ring (bicyclic) bond motifs is 1. The molecule has 0 radical (unpaired) electrons. The van der Waals surface area contributed by atoms with Crippen LogP contribution in [0.25, 0.3) is 11.0 Å². The number of aromatic amines is 1. The maximum Gasteiger partial charge on any atom is 0.240 e. The Morgan fingerprint density at radius 1 is 1.61 bits per heavy atom. The Morgan fingerprint density at radius 2 is 2.33 bits per heavy atom. The molecule has 0 aliphatic rings. The van der Waals surface area contributed by atoms with Crippen molar-refractivity contribution >= 4 is 51.7 Å². The van der Waals surface area contributed by atoms with Crippen LogP contribution >= 0.6 is 34.8 Å². The Bertz CT molecular complexity index is 664. The van der Waals surface area contributed by atoms with Gasteiger partial charge in [-0.05, 0) is 47.8 Å². The van der Waals surface area contributed by atoms with E-state index in [1.807, 2.05) is 29.5 Å². The molecule has 0 atom stereocenters. The normalized spacial score (nSPS) is 10.8. The first-order chi connectivity index (χ1) is 8.52. The first-order valence-electron chi connectivity index (χ1n) is 5.37. The molecule has 7 heteroatoms. The van der Waals surface area contributed by atoms with Crippen LogP contribution in [-0.4, -0.2) is 22.0 Å². The molecular formula is C11H11FIN3OS. The Labute approximate surface area is 122 Å². The van der Waals surface area contributed by atoms with Crippen molar-refractivity contribution in [3.8, 4) is 0 Å². The molecule has 0 bridgehead atoms. The lowest BCUT2D eigenvalue weighted by molar-refractivity contribution is -0.121. The first-order valence-corrected chi connectivity index (χ1v) is 6.86. The summed E-state index contributed by atoms with van der Waals surface area (Å²) >= 11 is 7.06. The molecule has 1 heterocycles. The molecule has 2 rings (SSSR count). The zero-order chi connectivity index (χ0) is 13.3. The van der Waals surface area contributed by atoms with Gasteiger partial charge in [0, 0.05) is 12.6 Å². The Hall–Kier alpha value is -0.960. The van der Waals surface area contributed by atoms with Crippen LogP contribution in [0.5, 0.6) is 0 Å². The van der Waals surface area contributed by atoms with Crippen molar-refractivity contribution in [1.82, 2.24) is 14.9 Å². The van der Waals surface area contributed by atoms with Gasteiger partial charge in [0.05, 0.1) is 14.6 Å². The number of hydrogen-bond donors (Lipinski definition) is 2. The second-order valence-corrected chi connectivity index (χ2v) is 5.30. The minimum absolute atomic E-state index is 0.0900. The summed E-state index contributed by atoms with van der Waals surface area (Å²) in [6, 6.07) is 3.07. The Morgan fingerprint density at radius 3 is 3.00 bits per heavy atom. The number of H-pyrrole nitrogens is 1. The second kappa shape index (κ2) is 5.35. The first kappa shape index (κ1) is 13.5. The van der Waals surface area contributed by atoms with Crippen molar-refractivity contribution < 1.29 is 9.18 Å². The maximum atomic E-state index is 13.6. The topological polar surface area (TPSA) is 49.8 Å². The minimum Gasteiger partial charge on any atom is -0.355 e. The number of aromatic nitrogens is 2. The minimum atomic E-state index is -0.318. The lowest BCUT2D eigenvalue weighted by Crippen LogP contribution is -2.27. The average Bonchev–Trinajstić information content (AvgIpc) is 2.57. The highest BCUT2D eigenvalue weighted by molar-refractivity contribution is 14.1. The molecule has 0 fully saturated rings. The van der Waals surface area contributed by atoms with Crippen molar-refractivity contribution in [3.05, 3.63) is 26.3 Å². The van der Waals surface area contributed by atoms with E-state index in [1.54, 1.807) is 10.6 Å². The van der Waals surface area contributed by atoms with Gasteiger partial charge in [-0.2, -0.15) is 0 Å². The molecule has 2 N–H and O–H groups in total. The van der Waals surface area contributed by atoms with Crippen LogP contribution in [0, 0.1) is 14.2 Å². The standard InChI is InChI=1S/C11H11FIN3OS/c1-2-14-10(17)5-16-9-3-6(12)7(13)4-8(9)15-11(16)18/h3-4H,2,5H2,1H3,(H,14,17)(H,15,18). The van der Waals surface area contributed by atoms with Crippen molar-refractivity contribution in [2.24, 2.45) is 0 Å². The van der Waals surface area contributed by atoms with E-state index in [0.29, 0.717) is 20.4 Å². The van der Waals surface area contributed by atoms with Gasteiger partial charge in [0.2, 0.25) is 5.91 Å². The highest BCUT2D eigenvalue weighted by atomic mass is 127. The third-order valence-electron chi connectivity index (χ3n) is 2.49. The number of benzene rings is 1. The average molecular weight is 379 g/mol. The molecule has 2 aromatic rings. The number of rotatable bonds is 3. The fourth-order valence-electron chi connectivity index (χ4n) is 1.71. The van der Waals surface area contributed by atoms with E-state index in [-0.39, 0.29) is 18.3 Å². The number of carbonyl (C=O) groups excluding carboxylic acids is 1. The van der Waals surface area contributed by atoms with E-state index in [1.165, 1.54) is 6.07 Å². The maximum absolute atomic E-state index is 13.6. The summed E-state index contributed by atoms with van der Waals surface area (Å²) in [4.78, 5) is 14.5. The smallest absolute Gasteiger partial charge is 0.240 e. The molecular weight excluding hydrogens is 368 g/mol. The van der Waals surface area contributed by atoms with E-state index in [0.717, 1.165) is 5.52 Å². The van der Waals surface area contributed by atoms with Gasteiger partial charge in [-0.1, -0.05) is 0 Å². The monoisotopic (exact) mass is 379 g/mol. The summed E-state index contributed by atoms with van der Waals surface area (Å²) in [5.74, 6) is -0.463. The lowest BCUT2D eigenvalue weighted by Gasteiger charge is -2.05. The molecule has 0 aliphatic heterocycles. The SMILES string of the molecule is CCNC(=O)Cn1c(=S)[nH]c2cc(I)c(F)cc21. The zero-order valence-corrected chi connectivity index (χ0v) is 12.6. The molecule has 0 spiro atoms. The molecule has 4 nitrogen and oxygen atoms in total. The highest BCUT2D eigenvalue weighted by Crippen LogP contribution is 2.20. The number of likely N-dealkylation sites (N-methyl/N-ethyl adjacent to an activating group) is 1. The summed E-state index contributed by atoms with van der Waals surface area (Å²) in [6.45, 7) is 2.49. The van der Waals surface area contributed by atoms with Gasteiger partial charge >= 0.3 is 0 Å². The molecule has 1 aromatic heterocycles. The number of halogens is 2. The summed E-state index contributed by atoms with van der Waals surface area (Å²) in [5.41, 5.74) is 1.33. The molecule has 1 amide bonds. The van der Waals surface area contributed by atoms with E-state index >= 15 is 0 Å². The number of carbonyl (C=O) groups is 1. The lowest BCUT2D eigenvalue weighted by atomic mass is 10.3. The number of nitrogens with zero attached hydrogens (tertiary/aromatic N) is 1. The largest absolute Gasteiger partial charge is 0.355 e. The van der Waals surface area contributed by atoms with Crippen LogP contribution in [0.4, 0.5) is 4.39 Å². The molecule has 1 aromatic carbocycles. The van der Waals surface area contributed by atoms with E-state index < -0.39 is 0 Å². The van der Waals surface area contributed by atoms with Gasteiger partial charge in [0.1, 0.15) is 12.4 Å². The van der Waals surface area contributed by atoms with E-state index in [4.69, 9.17) is 12.2 Å². The van der Waals surface area contributed by atoms with Crippen molar-refractivity contribution in [2.45, 2.75) is 13.5 Å². The van der Waals surface area contributed by atoms with Crippen molar-refractivity contribution in [2.75, 3.05) is 6.54 Å². The molecule has 0 aliphatic carbocycles. The summed E-state index contributed by atoms with van der Waals surface area (Å²) in [5, 5.41) is 2.69. The van der Waals surface area contributed by atoms with Gasteiger partial charge in [0.15, 0.2) is 4.77 Å². The van der Waals surface area contributed by atoms with Crippen LogP contribution < -0.4 is 5.32 Å². The van der Waals surface area contributed by atoms with Crippen LogP contribution in [0.15, 0.2) is 12.1 Å². The summed E-state index contributed by atoms with van der Waals surface area (Å²) < 4.78 is 16.1. The van der Waals surface area contributed by atoms with Gasteiger partial charge < -0.3 is 14.9 Å².